The third kappa shape index (κ3) is 5.57. The van der Waals surface area contributed by atoms with E-state index in [0.29, 0.717) is 0 Å². The lowest BCUT2D eigenvalue weighted by Gasteiger charge is -2.19. The molecule has 0 bridgehead atoms. The van der Waals surface area contributed by atoms with Crippen LogP contribution in [0.15, 0.2) is 218 Å². The van der Waals surface area contributed by atoms with Crippen LogP contribution in [0.4, 0.5) is 0 Å². The van der Waals surface area contributed by atoms with E-state index in [1.54, 1.807) is 0 Å². The highest BCUT2D eigenvalue weighted by Crippen LogP contribution is 2.45. The van der Waals surface area contributed by atoms with Gasteiger partial charge in [0.1, 0.15) is 0 Å². The molecule has 0 amide bonds. The topological polar surface area (TPSA) is 0 Å². The molecule has 0 nitrogen and oxygen atoms in total. The standard InChI is InChI=1S/C54H36/c1-4-16-37(17-5-1)38-28-30-40(31-29-38)51-36-44(46-23-11-10-22-45(46)39-18-6-2-7-19-39)34-42-32-33-43(35-52(42)51)54-49-26-14-12-24-47(49)53(41-20-8-3-9-21-41)48-25-13-15-27-50(48)54/h1-36H. The van der Waals surface area contributed by atoms with Gasteiger partial charge >= 0.3 is 0 Å². The second-order valence-corrected chi connectivity index (χ2v) is 14.0. The summed E-state index contributed by atoms with van der Waals surface area (Å²) in [5, 5.41) is 7.51. The first-order chi connectivity index (χ1) is 26.8. The van der Waals surface area contributed by atoms with Gasteiger partial charge in [0.05, 0.1) is 0 Å². The van der Waals surface area contributed by atoms with E-state index in [9.17, 15) is 0 Å². The van der Waals surface area contributed by atoms with Gasteiger partial charge in [-0.15, -0.1) is 0 Å². The average molecular weight is 685 g/mol. The summed E-state index contributed by atoms with van der Waals surface area (Å²) in [5.74, 6) is 0. The van der Waals surface area contributed by atoms with Crippen LogP contribution in [0, 0.1) is 0 Å². The Balaban J connectivity index is 1.23. The van der Waals surface area contributed by atoms with Crippen LogP contribution in [0.25, 0.3) is 99.1 Å². The summed E-state index contributed by atoms with van der Waals surface area (Å²) < 4.78 is 0. The van der Waals surface area contributed by atoms with E-state index in [-0.39, 0.29) is 0 Å². The van der Waals surface area contributed by atoms with Crippen molar-refractivity contribution in [1.82, 2.24) is 0 Å². The van der Waals surface area contributed by atoms with E-state index in [1.807, 2.05) is 0 Å². The van der Waals surface area contributed by atoms with Crippen LogP contribution < -0.4 is 0 Å². The molecule has 0 heteroatoms. The van der Waals surface area contributed by atoms with E-state index in [0.717, 1.165) is 0 Å². The molecule has 0 heterocycles. The Morgan fingerprint density at radius 3 is 1.15 bits per heavy atom. The molecule has 0 aliphatic heterocycles. The molecular formula is C54H36. The first-order valence-corrected chi connectivity index (χ1v) is 18.7. The van der Waals surface area contributed by atoms with Crippen LogP contribution >= 0.6 is 0 Å². The van der Waals surface area contributed by atoms with Gasteiger partial charge in [-0.05, 0) is 117 Å². The molecule has 0 saturated carbocycles. The summed E-state index contributed by atoms with van der Waals surface area (Å²) >= 11 is 0. The van der Waals surface area contributed by atoms with Crippen LogP contribution in [-0.2, 0) is 0 Å². The molecule has 252 valence electrons. The zero-order chi connectivity index (χ0) is 35.8. The first-order valence-electron chi connectivity index (χ1n) is 18.7. The Labute approximate surface area is 316 Å². The van der Waals surface area contributed by atoms with Crippen molar-refractivity contribution in [3.8, 4) is 66.8 Å². The predicted molar refractivity (Wildman–Crippen MR) is 232 cm³/mol. The fraction of sp³-hybridized carbons (Fsp3) is 0. The molecule has 0 aromatic heterocycles. The molecule has 0 atom stereocenters. The van der Waals surface area contributed by atoms with Gasteiger partial charge in [0, 0.05) is 0 Å². The zero-order valence-electron chi connectivity index (χ0n) is 29.8. The molecule has 54 heavy (non-hydrogen) atoms. The van der Waals surface area contributed by atoms with Gasteiger partial charge in [0.2, 0.25) is 0 Å². The van der Waals surface area contributed by atoms with Crippen molar-refractivity contribution in [2.24, 2.45) is 0 Å². The van der Waals surface area contributed by atoms with Crippen molar-refractivity contribution in [3.05, 3.63) is 218 Å². The van der Waals surface area contributed by atoms with E-state index >= 15 is 0 Å². The quantitative estimate of drug-likeness (QED) is 0.153. The first kappa shape index (κ1) is 31.7. The Hall–Kier alpha value is -7.02. The summed E-state index contributed by atoms with van der Waals surface area (Å²) in [4.78, 5) is 0. The maximum absolute atomic E-state index is 2.43. The molecule has 0 N–H and O–H groups in total. The largest absolute Gasteiger partial charge is 0.0622 e. The van der Waals surface area contributed by atoms with E-state index in [2.05, 4.69) is 218 Å². The third-order valence-corrected chi connectivity index (χ3v) is 10.9. The SMILES string of the molecule is c1ccc(-c2ccc(-c3cc(-c4ccccc4-c4ccccc4)cc4ccc(-c5c6ccccc6c(-c6ccccc6)c6ccccc56)cc34)cc2)cc1. The molecule has 0 radical (unpaired) electrons. The minimum atomic E-state index is 1.20. The molecule has 10 rings (SSSR count). The normalized spacial score (nSPS) is 11.3. The summed E-state index contributed by atoms with van der Waals surface area (Å²) in [5.41, 5.74) is 14.8. The number of rotatable bonds is 6. The summed E-state index contributed by atoms with van der Waals surface area (Å²) in [6, 6.07) is 79.7. The van der Waals surface area contributed by atoms with Gasteiger partial charge in [0.25, 0.3) is 0 Å². The molecule has 10 aromatic carbocycles. The third-order valence-electron chi connectivity index (χ3n) is 10.9. The highest BCUT2D eigenvalue weighted by atomic mass is 14.2. The van der Waals surface area contributed by atoms with Crippen molar-refractivity contribution in [2.45, 2.75) is 0 Å². The molecule has 0 aliphatic carbocycles. The van der Waals surface area contributed by atoms with Crippen molar-refractivity contribution in [1.29, 1.82) is 0 Å². The molecule has 0 unspecified atom stereocenters. The van der Waals surface area contributed by atoms with Crippen molar-refractivity contribution in [3.63, 3.8) is 0 Å². The Kier molecular flexibility index (Phi) is 7.93. The second-order valence-electron chi connectivity index (χ2n) is 14.0. The van der Waals surface area contributed by atoms with E-state index in [4.69, 9.17) is 0 Å². The van der Waals surface area contributed by atoms with Crippen molar-refractivity contribution >= 4 is 32.3 Å². The maximum Gasteiger partial charge on any atom is -0.00261 e. The number of hydrogen-bond donors (Lipinski definition) is 0. The average Bonchev–Trinajstić information content (AvgIpc) is 3.26. The van der Waals surface area contributed by atoms with Gasteiger partial charge in [-0.1, -0.05) is 200 Å². The van der Waals surface area contributed by atoms with Gasteiger partial charge in [-0.3, -0.25) is 0 Å². The number of hydrogen-bond acceptors (Lipinski definition) is 0. The Morgan fingerprint density at radius 1 is 0.185 bits per heavy atom. The highest BCUT2D eigenvalue weighted by Gasteiger charge is 2.18. The zero-order valence-corrected chi connectivity index (χ0v) is 29.8. The minimum Gasteiger partial charge on any atom is -0.0622 e. The van der Waals surface area contributed by atoms with Gasteiger partial charge in [0.15, 0.2) is 0 Å². The molecule has 0 spiro atoms. The van der Waals surface area contributed by atoms with Crippen LogP contribution in [0.3, 0.4) is 0 Å². The van der Waals surface area contributed by atoms with Gasteiger partial charge in [-0.2, -0.15) is 0 Å². The predicted octanol–water partition coefficient (Wildman–Crippen LogP) is 15.1. The molecule has 0 saturated heterocycles. The number of fused-ring (bicyclic) bond motifs is 3. The lowest BCUT2D eigenvalue weighted by atomic mass is 9.84. The molecule has 0 fully saturated rings. The van der Waals surface area contributed by atoms with Gasteiger partial charge in [-0.25, -0.2) is 0 Å². The number of benzene rings is 10. The second kappa shape index (κ2) is 13.5. The molecule has 0 aliphatic rings. The lowest BCUT2D eigenvalue weighted by molar-refractivity contribution is 1.58. The van der Waals surface area contributed by atoms with Crippen molar-refractivity contribution < 1.29 is 0 Å². The van der Waals surface area contributed by atoms with E-state index in [1.165, 1.54) is 99.1 Å². The van der Waals surface area contributed by atoms with Crippen molar-refractivity contribution in [2.75, 3.05) is 0 Å². The minimum absolute atomic E-state index is 1.20. The van der Waals surface area contributed by atoms with Crippen LogP contribution in [-0.4, -0.2) is 0 Å². The molecular weight excluding hydrogens is 649 g/mol. The monoisotopic (exact) mass is 684 g/mol. The summed E-state index contributed by atoms with van der Waals surface area (Å²) in [6.45, 7) is 0. The van der Waals surface area contributed by atoms with E-state index < -0.39 is 0 Å². The fourth-order valence-electron chi connectivity index (χ4n) is 8.34. The van der Waals surface area contributed by atoms with Crippen LogP contribution in [0.5, 0.6) is 0 Å². The highest BCUT2D eigenvalue weighted by molar-refractivity contribution is 6.22. The fourth-order valence-corrected chi connectivity index (χ4v) is 8.34. The lowest BCUT2D eigenvalue weighted by Crippen LogP contribution is -1.92. The van der Waals surface area contributed by atoms with Crippen LogP contribution in [0.2, 0.25) is 0 Å². The van der Waals surface area contributed by atoms with Gasteiger partial charge < -0.3 is 0 Å². The summed E-state index contributed by atoms with van der Waals surface area (Å²) in [6.07, 6.45) is 0. The van der Waals surface area contributed by atoms with Crippen LogP contribution in [0.1, 0.15) is 0 Å². The maximum atomic E-state index is 2.43. The molecule has 10 aromatic rings. The smallest absolute Gasteiger partial charge is 0.00261 e. The summed E-state index contributed by atoms with van der Waals surface area (Å²) in [7, 11) is 0. The Morgan fingerprint density at radius 2 is 0.574 bits per heavy atom. The Bertz CT molecular complexity index is 2880.